The molecule has 0 aromatic carbocycles. The van der Waals surface area contributed by atoms with Crippen LogP contribution in [0.25, 0.3) is 0 Å². The predicted octanol–water partition coefficient (Wildman–Crippen LogP) is 2.21. The van der Waals surface area contributed by atoms with Crippen molar-refractivity contribution in [2.75, 3.05) is 0 Å². The minimum atomic E-state index is -3.88. The molecule has 0 aliphatic carbocycles. The van der Waals surface area contributed by atoms with E-state index < -0.39 is 138 Å². The summed E-state index contributed by atoms with van der Waals surface area (Å²) in [7, 11) is -53.4. The Hall–Kier alpha value is 3.38. The van der Waals surface area contributed by atoms with E-state index in [1.54, 1.807) is 65.5 Å². The normalized spacial score (nSPS) is 59.3. The third-order valence-corrected chi connectivity index (χ3v) is 70.3. The first-order valence-corrected chi connectivity index (χ1v) is 56.8. The van der Waals surface area contributed by atoms with Crippen molar-refractivity contribution in [3.05, 3.63) is 0 Å². The SMILES string of the molecule is C[Si](Cl)(Cl)Cl.C[Si]1(O)O[Si]2(C)O[Si](C)(O)O[Si]3(C)O[Si](C)(O)O[Si](C)(O1)O[Si](C)(O2)O3.C[Si]12O[Si]3(C)O[Si]4(C)O[Si](C)(O1)O[Si]1(C)O[Si](C)(O2)O[Si](C)(O3)O[Si](C)(O4)O1. The lowest BCUT2D eigenvalue weighted by atomic mass is 11.9. The molecule has 0 saturated carbocycles. The number of rotatable bonds is 0. The van der Waals surface area contributed by atoms with Gasteiger partial charge in [0, 0.05) is 98.2 Å². The monoisotopic (exact) mass is 1180 g/mol. The van der Waals surface area contributed by atoms with Crippen molar-refractivity contribution in [3.8, 4) is 0 Å². The van der Waals surface area contributed by atoms with Gasteiger partial charge in [-0.25, -0.2) is 0 Å². The molecule has 0 aromatic heterocycles. The van der Waals surface area contributed by atoms with Crippen LogP contribution < -0.4 is 0 Å². The van der Waals surface area contributed by atoms with E-state index in [1.165, 1.54) is 39.3 Å². The molecule has 9 fully saturated rings. The summed E-state index contributed by atoms with van der Waals surface area (Å²) in [5, 5.41) is 0. The second-order valence-electron chi connectivity index (χ2n) is 16.0. The van der Waals surface area contributed by atoms with Gasteiger partial charge < -0.3 is 101 Å². The zero-order valence-electron chi connectivity index (χ0n) is 35.0. The van der Waals surface area contributed by atoms with E-state index in [-0.39, 0.29) is 0 Å². The lowest BCUT2D eigenvalue weighted by Gasteiger charge is -2.60. The van der Waals surface area contributed by atoms with Crippen molar-refractivity contribution < 1.29 is 101 Å². The molecule has 9 saturated heterocycles. The first-order chi connectivity index (χ1) is 25.8. The quantitative estimate of drug-likeness (QED) is 0.232. The standard InChI is InChI=1S/C8H24O12Si8.C7H24O12Si7.CH3Cl3Si/c1-21-9-22(2)12-25(5)14-23(3,10-21)16-27(7)17-24(4,11-21)15-26(6,13-22)19-28(8,18-25)20-27;1-20(8)11-23(4)13-21(2,9)15-25(6)16-22(3,10)14-24(5,12-20)18-26(7,17-23)19-25;1-5(2,3)4/h1-8H3;8-10H,1-7H3;1H3. The van der Waals surface area contributed by atoms with Gasteiger partial charge in [-0.2, -0.15) is 0 Å². The zero-order chi connectivity index (χ0) is 44.8. The van der Waals surface area contributed by atoms with Gasteiger partial charge in [0.25, 0.3) is 0 Å². The molecule has 24 nitrogen and oxygen atoms in total. The second-order valence-corrected chi connectivity index (χ2v) is 69.3. The molecule has 0 unspecified atom stereocenters. The minimum absolute atomic E-state index is 1.35. The van der Waals surface area contributed by atoms with Gasteiger partial charge in [-0.1, -0.05) is 0 Å². The Morgan fingerprint density at radius 2 is 0.305 bits per heavy atom. The first-order valence-electron chi connectivity index (χ1n) is 17.8. The Morgan fingerprint density at radius 1 is 0.237 bits per heavy atom. The van der Waals surface area contributed by atoms with Crippen LogP contribution in [0.3, 0.4) is 0 Å². The van der Waals surface area contributed by atoms with Crippen LogP contribution in [-0.2, 0) is 86.4 Å². The summed E-state index contributed by atoms with van der Waals surface area (Å²) in [6, 6.07) is -2.19. The maximum atomic E-state index is 10.7. The average Bonchev–Trinajstić information content (AvgIpc) is 2.74. The summed E-state index contributed by atoms with van der Waals surface area (Å²) in [4.78, 5) is 32.0. The van der Waals surface area contributed by atoms with Gasteiger partial charge in [-0.05, 0) is 6.55 Å². The van der Waals surface area contributed by atoms with Gasteiger partial charge in [0.05, 0.1) is 0 Å². The lowest BCUT2D eigenvalue weighted by molar-refractivity contribution is -0.0183. The molecular weight excluding hydrogens is 1130 g/mol. The Morgan fingerprint density at radius 3 is 0.390 bits per heavy atom. The Bertz CT molecular complexity index is 1310. The summed E-state index contributed by atoms with van der Waals surface area (Å²) in [6.07, 6.45) is 0. The zero-order valence-corrected chi connectivity index (χ0v) is 53.3. The number of hydrogen-bond acceptors (Lipinski definition) is 24. The van der Waals surface area contributed by atoms with E-state index in [1.807, 2.05) is 0 Å². The predicted molar refractivity (Wildman–Crippen MR) is 233 cm³/mol. The molecule has 3 N–H and O–H groups in total. The fourth-order valence-electron chi connectivity index (χ4n) is 7.93. The fourth-order valence-corrected chi connectivity index (χ4v) is 86.0. The van der Waals surface area contributed by atoms with E-state index in [0.29, 0.717) is 0 Å². The van der Waals surface area contributed by atoms with Gasteiger partial charge in [-0.3, -0.25) is 0 Å². The fraction of sp³-hybridized carbons (Fsp3) is 1.00. The maximum Gasteiger partial charge on any atom is 0.480 e. The summed E-state index contributed by atoms with van der Waals surface area (Å²) in [6.45, 7) is 25.7. The number of hydrogen-bond donors (Lipinski definition) is 3. The highest BCUT2D eigenvalue weighted by Crippen LogP contribution is 2.48. The van der Waals surface area contributed by atoms with Gasteiger partial charge in [-0.15, -0.1) is 33.2 Å². The summed E-state index contributed by atoms with van der Waals surface area (Å²) >= 11 is 15.6. The molecule has 9 heterocycles. The summed E-state index contributed by atoms with van der Waals surface area (Å²) in [5.74, 6) is 0. The van der Waals surface area contributed by atoms with Crippen molar-refractivity contribution in [2.45, 2.75) is 105 Å². The summed E-state index contributed by atoms with van der Waals surface area (Å²) in [5.41, 5.74) is 0. The van der Waals surface area contributed by atoms with Crippen LogP contribution in [0.2, 0.25) is 105 Å². The van der Waals surface area contributed by atoms with Crippen molar-refractivity contribution in [2.24, 2.45) is 0 Å². The molecule has 59 heavy (non-hydrogen) atoms. The molecule has 0 radical (unpaired) electrons. The van der Waals surface area contributed by atoms with Gasteiger partial charge >= 0.3 is 138 Å². The van der Waals surface area contributed by atoms with Crippen LogP contribution in [-0.4, -0.2) is 152 Å². The molecule has 9 rings (SSSR count). The van der Waals surface area contributed by atoms with Crippen molar-refractivity contribution in [3.63, 3.8) is 0 Å². The molecule has 12 bridgehead atoms. The molecule has 344 valence electrons. The van der Waals surface area contributed by atoms with E-state index >= 15 is 0 Å². The van der Waals surface area contributed by atoms with Gasteiger partial charge in [0.15, 0.2) is 0 Å². The van der Waals surface area contributed by atoms with Crippen LogP contribution in [0.4, 0.5) is 0 Å². The second kappa shape index (κ2) is 15.4. The molecule has 9 aliphatic rings. The maximum absolute atomic E-state index is 10.7. The van der Waals surface area contributed by atoms with E-state index in [4.69, 9.17) is 120 Å². The van der Waals surface area contributed by atoms with E-state index in [9.17, 15) is 14.4 Å². The Kier molecular flexibility index (Phi) is 13.5. The smallest absolute Gasteiger partial charge is 0.391 e. The third-order valence-electron chi connectivity index (χ3n) is 7.81. The van der Waals surface area contributed by atoms with Crippen LogP contribution in [0, 0.1) is 0 Å². The Balaban J connectivity index is 0.000000179. The third kappa shape index (κ3) is 12.9. The lowest BCUT2D eigenvalue weighted by Crippen LogP contribution is -2.86. The van der Waals surface area contributed by atoms with Crippen molar-refractivity contribution >= 4 is 171 Å². The van der Waals surface area contributed by atoms with Crippen molar-refractivity contribution in [1.29, 1.82) is 0 Å². The minimum Gasteiger partial charge on any atom is -0.391 e. The largest absolute Gasteiger partial charge is 0.480 e. The highest BCUT2D eigenvalue weighted by Gasteiger charge is 2.78. The molecule has 9 aliphatic heterocycles. The molecule has 0 atom stereocenters. The summed E-state index contributed by atoms with van der Waals surface area (Å²) < 4.78 is 129. The number of fused-ring (bicyclic) bond motifs is 3. The van der Waals surface area contributed by atoms with Gasteiger partial charge in [0.1, 0.15) is 0 Å². The van der Waals surface area contributed by atoms with Gasteiger partial charge in [0.2, 0.25) is 0 Å². The highest BCUT2D eigenvalue weighted by atomic mass is 35.8. The van der Waals surface area contributed by atoms with Crippen LogP contribution >= 0.6 is 33.2 Å². The van der Waals surface area contributed by atoms with E-state index in [2.05, 4.69) is 0 Å². The topological polar surface area (TPSA) is 255 Å². The first kappa shape index (κ1) is 51.8. The number of halogens is 3. The molecule has 0 aromatic rings. The molecule has 43 heteroatoms. The van der Waals surface area contributed by atoms with Crippen molar-refractivity contribution in [1.82, 2.24) is 0 Å². The Labute approximate surface area is 374 Å². The molecule has 0 amide bonds. The molecule has 0 spiro atoms. The van der Waals surface area contributed by atoms with E-state index in [0.717, 1.165) is 0 Å². The highest BCUT2D eigenvalue weighted by molar-refractivity contribution is 7.64. The van der Waals surface area contributed by atoms with Crippen LogP contribution in [0.5, 0.6) is 0 Å². The van der Waals surface area contributed by atoms with Crippen LogP contribution in [0.15, 0.2) is 0 Å². The van der Waals surface area contributed by atoms with Crippen LogP contribution in [0.1, 0.15) is 0 Å². The molecular formula is C16H51Cl3O24Si16. The average molecular weight is 1180 g/mol.